The first-order valence-corrected chi connectivity index (χ1v) is 12.8. The Balaban J connectivity index is 1.58. The van der Waals surface area contributed by atoms with Crippen LogP contribution in [0.5, 0.6) is 5.75 Å². The molecule has 0 bridgehead atoms. The van der Waals surface area contributed by atoms with E-state index in [-0.39, 0.29) is 24.9 Å². The molecule has 0 radical (unpaired) electrons. The van der Waals surface area contributed by atoms with Crippen LogP contribution in [0.15, 0.2) is 65.1 Å². The van der Waals surface area contributed by atoms with Crippen LogP contribution in [0.4, 0.5) is 0 Å². The highest BCUT2D eigenvalue weighted by Crippen LogP contribution is 2.31. The van der Waals surface area contributed by atoms with E-state index in [4.69, 9.17) is 20.8 Å². The van der Waals surface area contributed by atoms with Gasteiger partial charge in [0, 0.05) is 22.7 Å². The van der Waals surface area contributed by atoms with Crippen molar-refractivity contribution < 1.29 is 18.7 Å². The first-order chi connectivity index (χ1) is 18.5. The predicted molar refractivity (Wildman–Crippen MR) is 146 cm³/mol. The standard InChI is InChI=1S/C28H31ClN6O4/c1-18-6-15-23(39-18)25(27(37)30-16-19-7-13-22(38-5)14-8-19)35(28(2,3)4)24(36)17-34-32-26(31-33-34)20-9-11-21(29)12-10-20/h6-15,25H,16-17H2,1-5H3,(H,30,37). The van der Waals surface area contributed by atoms with Crippen molar-refractivity contribution in [2.24, 2.45) is 0 Å². The van der Waals surface area contributed by atoms with Gasteiger partial charge in [-0.2, -0.15) is 4.80 Å². The molecule has 1 atom stereocenters. The molecular formula is C28H31ClN6O4. The van der Waals surface area contributed by atoms with Crippen LogP contribution in [0.1, 0.15) is 43.9 Å². The third-order valence-corrected chi connectivity index (χ3v) is 6.24. The summed E-state index contributed by atoms with van der Waals surface area (Å²) in [4.78, 5) is 30.1. The molecule has 2 aromatic carbocycles. The number of aromatic nitrogens is 4. The molecular weight excluding hydrogens is 520 g/mol. The molecule has 1 N–H and O–H groups in total. The van der Waals surface area contributed by atoms with Crippen LogP contribution in [0.3, 0.4) is 0 Å². The number of halogens is 1. The zero-order valence-electron chi connectivity index (χ0n) is 22.5. The van der Waals surface area contributed by atoms with Crippen LogP contribution in [0.2, 0.25) is 5.02 Å². The van der Waals surface area contributed by atoms with Crippen LogP contribution in [-0.2, 0) is 22.7 Å². The number of amides is 2. The summed E-state index contributed by atoms with van der Waals surface area (Å²) in [7, 11) is 1.60. The maximum absolute atomic E-state index is 13.8. The predicted octanol–water partition coefficient (Wildman–Crippen LogP) is 4.59. The van der Waals surface area contributed by atoms with Crippen LogP contribution in [0, 0.1) is 6.92 Å². The number of carbonyl (C=O) groups is 2. The van der Waals surface area contributed by atoms with Gasteiger partial charge in [0.05, 0.1) is 7.11 Å². The molecule has 2 heterocycles. The van der Waals surface area contributed by atoms with Gasteiger partial charge in [0.1, 0.15) is 23.8 Å². The molecule has 39 heavy (non-hydrogen) atoms. The summed E-state index contributed by atoms with van der Waals surface area (Å²) in [6.07, 6.45) is 0. The Morgan fingerprint density at radius 2 is 1.77 bits per heavy atom. The Bertz CT molecular complexity index is 1420. The highest BCUT2D eigenvalue weighted by molar-refractivity contribution is 6.30. The average molecular weight is 551 g/mol. The summed E-state index contributed by atoms with van der Waals surface area (Å²) in [6, 6.07) is 16.8. The Kier molecular flexibility index (Phi) is 8.35. The number of carbonyl (C=O) groups excluding carboxylic acids is 2. The van der Waals surface area contributed by atoms with Gasteiger partial charge in [0.2, 0.25) is 11.7 Å². The van der Waals surface area contributed by atoms with Gasteiger partial charge >= 0.3 is 0 Å². The lowest BCUT2D eigenvalue weighted by Gasteiger charge is -2.40. The highest BCUT2D eigenvalue weighted by Gasteiger charge is 2.40. The van der Waals surface area contributed by atoms with Crippen molar-refractivity contribution in [1.29, 1.82) is 0 Å². The number of aryl methyl sites for hydroxylation is 1. The lowest BCUT2D eigenvalue weighted by molar-refractivity contribution is -0.148. The number of nitrogens with zero attached hydrogens (tertiary/aromatic N) is 5. The summed E-state index contributed by atoms with van der Waals surface area (Å²) in [6.45, 7) is 7.41. The maximum Gasteiger partial charge on any atom is 0.251 e. The van der Waals surface area contributed by atoms with Crippen LogP contribution in [0.25, 0.3) is 11.4 Å². The number of benzene rings is 2. The van der Waals surface area contributed by atoms with Gasteiger partial charge < -0.3 is 19.4 Å². The molecule has 11 heteroatoms. The van der Waals surface area contributed by atoms with Crippen molar-refractivity contribution >= 4 is 23.4 Å². The third kappa shape index (κ3) is 6.83. The van der Waals surface area contributed by atoms with E-state index in [1.165, 1.54) is 9.70 Å². The van der Waals surface area contributed by atoms with Crippen molar-refractivity contribution in [3.63, 3.8) is 0 Å². The van der Waals surface area contributed by atoms with Crippen molar-refractivity contribution in [1.82, 2.24) is 30.4 Å². The van der Waals surface area contributed by atoms with E-state index in [0.29, 0.717) is 27.9 Å². The van der Waals surface area contributed by atoms with Crippen LogP contribution < -0.4 is 10.1 Å². The quantitative estimate of drug-likeness (QED) is 0.324. The summed E-state index contributed by atoms with van der Waals surface area (Å²) < 4.78 is 11.1. The molecule has 0 saturated heterocycles. The molecule has 0 saturated carbocycles. The van der Waals surface area contributed by atoms with E-state index >= 15 is 0 Å². The van der Waals surface area contributed by atoms with Crippen molar-refractivity contribution in [2.45, 2.75) is 52.4 Å². The fourth-order valence-corrected chi connectivity index (χ4v) is 4.26. The molecule has 0 spiro atoms. The van der Waals surface area contributed by atoms with E-state index < -0.39 is 11.6 Å². The number of ether oxygens (including phenoxy) is 1. The Morgan fingerprint density at radius 1 is 1.08 bits per heavy atom. The van der Waals surface area contributed by atoms with Gasteiger partial charge in [-0.3, -0.25) is 9.59 Å². The zero-order chi connectivity index (χ0) is 28.2. The van der Waals surface area contributed by atoms with E-state index in [1.54, 1.807) is 50.4 Å². The number of methoxy groups -OCH3 is 1. The molecule has 0 aliphatic heterocycles. The van der Waals surface area contributed by atoms with Crippen molar-refractivity contribution in [3.05, 3.63) is 82.8 Å². The van der Waals surface area contributed by atoms with Gasteiger partial charge in [-0.15, -0.1) is 10.2 Å². The Morgan fingerprint density at radius 3 is 2.36 bits per heavy atom. The maximum atomic E-state index is 13.8. The third-order valence-electron chi connectivity index (χ3n) is 5.99. The number of tetrazole rings is 1. The van der Waals surface area contributed by atoms with Crippen LogP contribution in [-0.4, -0.2) is 49.6 Å². The van der Waals surface area contributed by atoms with Gasteiger partial charge in [-0.1, -0.05) is 23.7 Å². The Hall–Kier alpha value is -4.18. The Labute approximate surface area is 231 Å². The summed E-state index contributed by atoms with van der Waals surface area (Å²) >= 11 is 5.97. The van der Waals surface area contributed by atoms with Crippen molar-refractivity contribution in [3.8, 4) is 17.1 Å². The van der Waals surface area contributed by atoms with Gasteiger partial charge in [-0.05, 0) is 87.0 Å². The number of nitrogens with one attached hydrogen (secondary N) is 1. The van der Waals surface area contributed by atoms with E-state index in [2.05, 4.69) is 20.7 Å². The number of hydrogen-bond acceptors (Lipinski definition) is 7. The summed E-state index contributed by atoms with van der Waals surface area (Å²) in [5.41, 5.74) is 0.848. The van der Waals surface area contributed by atoms with E-state index in [1.807, 2.05) is 45.0 Å². The molecule has 4 aromatic rings. The zero-order valence-corrected chi connectivity index (χ0v) is 23.3. The monoisotopic (exact) mass is 550 g/mol. The highest BCUT2D eigenvalue weighted by atomic mass is 35.5. The number of hydrogen-bond donors (Lipinski definition) is 1. The van der Waals surface area contributed by atoms with Gasteiger partial charge in [0.25, 0.3) is 5.91 Å². The van der Waals surface area contributed by atoms with E-state index in [9.17, 15) is 9.59 Å². The average Bonchev–Trinajstić information content (AvgIpc) is 3.54. The molecule has 10 nitrogen and oxygen atoms in total. The first-order valence-electron chi connectivity index (χ1n) is 12.4. The summed E-state index contributed by atoms with van der Waals surface area (Å²) in [5.74, 6) is 1.32. The SMILES string of the molecule is COc1ccc(CNC(=O)C(c2ccc(C)o2)N(C(=O)Cn2nnc(-c3ccc(Cl)cc3)n2)C(C)(C)C)cc1. The number of furan rings is 1. The van der Waals surface area contributed by atoms with Gasteiger partial charge in [0.15, 0.2) is 6.04 Å². The first kappa shape index (κ1) is 27.8. The normalized spacial score (nSPS) is 12.2. The molecule has 0 aliphatic carbocycles. The fourth-order valence-electron chi connectivity index (χ4n) is 4.13. The second kappa shape index (κ2) is 11.7. The molecule has 4 rings (SSSR count). The van der Waals surface area contributed by atoms with E-state index in [0.717, 1.165) is 11.3 Å². The van der Waals surface area contributed by atoms with Gasteiger partial charge in [-0.25, -0.2) is 0 Å². The van der Waals surface area contributed by atoms with Crippen LogP contribution >= 0.6 is 11.6 Å². The smallest absolute Gasteiger partial charge is 0.251 e. The lowest BCUT2D eigenvalue weighted by Crippen LogP contribution is -2.53. The second-order valence-corrected chi connectivity index (χ2v) is 10.4. The molecule has 1 unspecified atom stereocenters. The minimum Gasteiger partial charge on any atom is -0.497 e. The minimum atomic E-state index is -1.02. The molecule has 2 amide bonds. The minimum absolute atomic E-state index is 0.222. The largest absolute Gasteiger partial charge is 0.497 e. The molecule has 0 fully saturated rings. The fraction of sp³-hybridized carbons (Fsp3) is 0.321. The molecule has 0 aliphatic rings. The summed E-state index contributed by atoms with van der Waals surface area (Å²) in [5, 5.41) is 16.0. The second-order valence-electron chi connectivity index (χ2n) is 10.0. The molecule has 2 aromatic heterocycles. The topological polar surface area (TPSA) is 115 Å². The molecule has 204 valence electrons. The van der Waals surface area contributed by atoms with Crippen molar-refractivity contribution in [2.75, 3.05) is 7.11 Å². The number of rotatable bonds is 9. The lowest BCUT2D eigenvalue weighted by atomic mass is 10.00.